The van der Waals surface area contributed by atoms with Crippen LogP contribution in [0.15, 0.2) is 24.3 Å². The highest BCUT2D eigenvalue weighted by atomic mass is 16.5. The van der Waals surface area contributed by atoms with Crippen molar-refractivity contribution in [1.29, 1.82) is 0 Å². The fraction of sp³-hybridized carbons (Fsp3) is 0.429. The topological polar surface area (TPSA) is 90.9 Å². The third kappa shape index (κ3) is 6.24. The molecule has 7 nitrogen and oxygen atoms in total. The summed E-state index contributed by atoms with van der Waals surface area (Å²) in [5.74, 6) is -1.01. The quantitative estimate of drug-likeness (QED) is 0.625. The highest BCUT2D eigenvalue weighted by molar-refractivity contribution is 6.39. The van der Waals surface area contributed by atoms with Gasteiger partial charge in [0.15, 0.2) is 0 Å². The number of aliphatic hydroxyl groups excluding tert-OH is 1. The molecule has 1 aromatic rings. The van der Waals surface area contributed by atoms with Crippen LogP contribution < -0.4 is 15.4 Å². The number of amides is 2. The lowest BCUT2D eigenvalue weighted by Crippen LogP contribution is -2.42. The number of carbonyl (C=O) groups excluding carboxylic acids is 2. The molecule has 0 heterocycles. The predicted octanol–water partition coefficient (Wildman–Crippen LogP) is -0.328. The second kappa shape index (κ2) is 8.23. The second-order valence-electron chi connectivity index (χ2n) is 4.81. The lowest BCUT2D eigenvalue weighted by Gasteiger charge is -2.16. The van der Waals surface area contributed by atoms with Crippen molar-refractivity contribution in [3.05, 3.63) is 24.3 Å². The summed E-state index contributed by atoms with van der Waals surface area (Å²) in [7, 11) is 5.13. The molecule has 0 saturated carbocycles. The largest absolute Gasteiger partial charge is 0.497 e. The minimum atomic E-state index is -0.796. The van der Waals surface area contributed by atoms with E-state index in [-0.39, 0.29) is 6.54 Å². The molecule has 0 radical (unpaired) electrons. The van der Waals surface area contributed by atoms with Gasteiger partial charge in [-0.1, -0.05) is 6.07 Å². The number of anilines is 1. The predicted molar refractivity (Wildman–Crippen MR) is 79.2 cm³/mol. The molecular formula is C14H21N3O4. The first-order valence-corrected chi connectivity index (χ1v) is 6.48. The molecule has 0 aliphatic carbocycles. The Labute approximate surface area is 123 Å². The van der Waals surface area contributed by atoms with E-state index in [9.17, 15) is 14.7 Å². The Hall–Kier alpha value is -2.12. The van der Waals surface area contributed by atoms with Crippen LogP contribution in [0, 0.1) is 0 Å². The summed E-state index contributed by atoms with van der Waals surface area (Å²) >= 11 is 0. The van der Waals surface area contributed by atoms with E-state index < -0.39 is 17.9 Å². The molecule has 3 N–H and O–H groups in total. The molecule has 7 heteroatoms. The zero-order chi connectivity index (χ0) is 15.8. The van der Waals surface area contributed by atoms with Gasteiger partial charge in [-0.25, -0.2) is 0 Å². The van der Waals surface area contributed by atoms with Gasteiger partial charge in [0.25, 0.3) is 0 Å². The van der Waals surface area contributed by atoms with Crippen LogP contribution in [0.3, 0.4) is 0 Å². The summed E-state index contributed by atoms with van der Waals surface area (Å²) in [6.45, 7) is 0.417. The number of methoxy groups -OCH3 is 1. The monoisotopic (exact) mass is 295 g/mol. The highest BCUT2D eigenvalue weighted by Gasteiger charge is 2.15. The van der Waals surface area contributed by atoms with Crippen molar-refractivity contribution < 1.29 is 19.4 Å². The maximum atomic E-state index is 11.7. The van der Waals surface area contributed by atoms with Crippen molar-refractivity contribution >= 4 is 17.5 Å². The van der Waals surface area contributed by atoms with E-state index in [1.54, 1.807) is 43.3 Å². The molecular weight excluding hydrogens is 274 g/mol. The third-order valence-electron chi connectivity index (χ3n) is 2.61. The third-order valence-corrected chi connectivity index (χ3v) is 2.61. The summed E-state index contributed by atoms with van der Waals surface area (Å²) in [6.07, 6.45) is -0.728. The summed E-state index contributed by atoms with van der Waals surface area (Å²) in [6, 6.07) is 6.68. The number of nitrogens with zero attached hydrogens (tertiary/aromatic N) is 1. The Bertz CT molecular complexity index is 491. The molecule has 21 heavy (non-hydrogen) atoms. The summed E-state index contributed by atoms with van der Waals surface area (Å²) < 4.78 is 5.02. The fourth-order valence-corrected chi connectivity index (χ4v) is 1.67. The van der Waals surface area contributed by atoms with Gasteiger partial charge in [0.05, 0.1) is 13.2 Å². The SMILES string of the molecule is COc1cccc(NC(=O)C(=O)NC[C@@H](O)CN(C)C)c1. The van der Waals surface area contributed by atoms with Crippen LogP contribution in [0.25, 0.3) is 0 Å². The van der Waals surface area contributed by atoms with Crippen molar-refractivity contribution in [1.82, 2.24) is 10.2 Å². The molecule has 0 spiro atoms. The molecule has 116 valence electrons. The van der Waals surface area contributed by atoms with Crippen LogP contribution in [-0.2, 0) is 9.59 Å². The summed E-state index contributed by atoms with van der Waals surface area (Å²) in [5, 5.41) is 14.4. The lowest BCUT2D eigenvalue weighted by atomic mass is 10.3. The van der Waals surface area contributed by atoms with Crippen LogP contribution in [0.1, 0.15) is 0 Å². The molecule has 0 unspecified atom stereocenters. The number of benzene rings is 1. The summed E-state index contributed by atoms with van der Waals surface area (Å²) in [5.41, 5.74) is 0.461. The van der Waals surface area contributed by atoms with E-state index in [0.717, 1.165) is 0 Å². The first kappa shape index (κ1) is 16.9. The van der Waals surface area contributed by atoms with Gasteiger partial charge in [-0.05, 0) is 26.2 Å². The number of hydrogen-bond donors (Lipinski definition) is 3. The molecule has 0 aliphatic rings. The normalized spacial score (nSPS) is 11.9. The maximum Gasteiger partial charge on any atom is 0.313 e. The molecule has 1 atom stereocenters. The molecule has 1 rings (SSSR count). The van der Waals surface area contributed by atoms with Crippen molar-refractivity contribution in [3.63, 3.8) is 0 Å². The van der Waals surface area contributed by atoms with Gasteiger partial charge >= 0.3 is 11.8 Å². The number of rotatable bonds is 6. The van der Waals surface area contributed by atoms with Gasteiger partial charge in [-0.3, -0.25) is 9.59 Å². The minimum absolute atomic E-state index is 0.0164. The van der Waals surface area contributed by atoms with Crippen LogP contribution in [-0.4, -0.2) is 62.2 Å². The van der Waals surface area contributed by atoms with Gasteiger partial charge in [0.2, 0.25) is 0 Å². The van der Waals surface area contributed by atoms with E-state index in [1.165, 1.54) is 7.11 Å². The Morgan fingerprint density at radius 1 is 1.33 bits per heavy atom. The van der Waals surface area contributed by atoms with Crippen molar-refractivity contribution in [3.8, 4) is 5.75 Å². The van der Waals surface area contributed by atoms with Crippen LogP contribution in [0.2, 0.25) is 0 Å². The number of carbonyl (C=O) groups is 2. The highest BCUT2D eigenvalue weighted by Crippen LogP contribution is 2.16. The van der Waals surface area contributed by atoms with Gasteiger partial charge in [0, 0.05) is 24.8 Å². The molecule has 0 fully saturated rings. The zero-order valence-electron chi connectivity index (χ0n) is 12.4. The first-order valence-electron chi connectivity index (χ1n) is 6.48. The minimum Gasteiger partial charge on any atom is -0.497 e. The number of nitrogens with one attached hydrogen (secondary N) is 2. The molecule has 0 aliphatic heterocycles. The molecule has 2 amide bonds. The second-order valence-corrected chi connectivity index (χ2v) is 4.81. The number of ether oxygens (including phenoxy) is 1. The Balaban J connectivity index is 2.45. The molecule has 0 bridgehead atoms. The number of aliphatic hydroxyl groups is 1. The average Bonchev–Trinajstić information content (AvgIpc) is 2.44. The van der Waals surface area contributed by atoms with Gasteiger partial charge in [0.1, 0.15) is 5.75 Å². The Kier molecular flexibility index (Phi) is 6.64. The van der Waals surface area contributed by atoms with E-state index in [4.69, 9.17) is 4.74 Å². The van der Waals surface area contributed by atoms with Gasteiger partial charge < -0.3 is 25.4 Å². The fourth-order valence-electron chi connectivity index (χ4n) is 1.67. The zero-order valence-corrected chi connectivity index (χ0v) is 12.4. The Morgan fingerprint density at radius 3 is 2.67 bits per heavy atom. The van der Waals surface area contributed by atoms with Gasteiger partial charge in [-0.2, -0.15) is 0 Å². The molecule has 1 aromatic carbocycles. The first-order chi connectivity index (χ1) is 9.92. The van der Waals surface area contributed by atoms with Crippen molar-refractivity contribution in [2.24, 2.45) is 0 Å². The molecule has 0 saturated heterocycles. The smallest absolute Gasteiger partial charge is 0.313 e. The van der Waals surface area contributed by atoms with Crippen LogP contribution in [0.5, 0.6) is 5.75 Å². The van der Waals surface area contributed by atoms with E-state index >= 15 is 0 Å². The van der Waals surface area contributed by atoms with Gasteiger partial charge in [-0.15, -0.1) is 0 Å². The van der Waals surface area contributed by atoms with E-state index in [1.807, 2.05) is 0 Å². The average molecular weight is 295 g/mol. The number of hydrogen-bond acceptors (Lipinski definition) is 5. The van der Waals surface area contributed by atoms with E-state index in [2.05, 4.69) is 10.6 Å². The van der Waals surface area contributed by atoms with Crippen molar-refractivity contribution in [2.75, 3.05) is 39.6 Å². The van der Waals surface area contributed by atoms with Crippen LogP contribution >= 0.6 is 0 Å². The number of likely N-dealkylation sites (N-methyl/N-ethyl adjacent to an activating group) is 1. The standard InChI is InChI=1S/C14H21N3O4/c1-17(2)9-11(18)8-15-13(19)14(20)16-10-5-4-6-12(7-10)21-3/h4-7,11,18H,8-9H2,1-3H3,(H,15,19)(H,16,20)/t11-/m1/s1. The summed E-state index contributed by atoms with van der Waals surface area (Å²) in [4.78, 5) is 25.1. The van der Waals surface area contributed by atoms with Crippen LogP contribution in [0.4, 0.5) is 5.69 Å². The maximum absolute atomic E-state index is 11.7. The van der Waals surface area contributed by atoms with E-state index in [0.29, 0.717) is 18.0 Å². The lowest BCUT2D eigenvalue weighted by molar-refractivity contribution is -0.136. The molecule has 0 aromatic heterocycles. The Morgan fingerprint density at radius 2 is 2.05 bits per heavy atom. The van der Waals surface area contributed by atoms with Crippen molar-refractivity contribution in [2.45, 2.75) is 6.10 Å².